The summed E-state index contributed by atoms with van der Waals surface area (Å²) in [6.45, 7) is 6.97. The van der Waals surface area contributed by atoms with Crippen molar-refractivity contribution in [3.8, 4) is 0 Å². The van der Waals surface area contributed by atoms with E-state index in [9.17, 15) is 4.79 Å². The Morgan fingerprint density at radius 1 is 1.41 bits per heavy atom. The number of aromatic nitrogens is 3. The van der Waals surface area contributed by atoms with Crippen molar-refractivity contribution < 1.29 is 4.79 Å². The lowest BCUT2D eigenvalue weighted by molar-refractivity contribution is -0.124. The number of hydrogen-bond acceptors (Lipinski definition) is 5. The van der Waals surface area contributed by atoms with Crippen LogP contribution in [0.2, 0.25) is 0 Å². The molecule has 2 aliphatic rings. The standard InChI is InChI=1S/C15H26N6O/c1-10(2)9-11(18-14(22)15(16)4-5-15)13-20-19-12-3-6-17-7-8-21(12)13/h10-11,17H,3-9,16H2,1-2H3,(H,18,22)/t11-/m0/s1. The average molecular weight is 306 g/mol. The second-order valence-electron chi connectivity index (χ2n) is 6.94. The van der Waals surface area contributed by atoms with Crippen molar-refractivity contribution in [3.05, 3.63) is 11.6 Å². The van der Waals surface area contributed by atoms with Crippen LogP contribution in [0.15, 0.2) is 0 Å². The second-order valence-corrected chi connectivity index (χ2v) is 6.94. The maximum absolute atomic E-state index is 12.3. The van der Waals surface area contributed by atoms with Gasteiger partial charge >= 0.3 is 0 Å². The summed E-state index contributed by atoms with van der Waals surface area (Å²) in [5.41, 5.74) is 5.37. The Balaban J connectivity index is 1.82. The van der Waals surface area contributed by atoms with Gasteiger partial charge in [-0.25, -0.2) is 0 Å². The highest BCUT2D eigenvalue weighted by Gasteiger charge is 2.46. The molecular weight excluding hydrogens is 280 g/mol. The highest BCUT2D eigenvalue weighted by atomic mass is 16.2. The maximum Gasteiger partial charge on any atom is 0.240 e. The van der Waals surface area contributed by atoms with Crippen LogP contribution in [0.3, 0.4) is 0 Å². The van der Waals surface area contributed by atoms with Crippen LogP contribution in [0.5, 0.6) is 0 Å². The third-order valence-corrected chi connectivity index (χ3v) is 4.46. The molecule has 122 valence electrons. The first kappa shape index (κ1) is 15.4. The molecule has 2 heterocycles. The Labute approximate surface area is 131 Å². The SMILES string of the molecule is CC(C)C[C@H](NC(=O)C1(N)CC1)c1nnc2n1CCNCC2. The van der Waals surface area contributed by atoms with Crippen molar-refractivity contribution in [1.29, 1.82) is 0 Å². The summed E-state index contributed by atoms with van der Waals surface area (Å²) in [6, 6.07) is -0.118. The molecule has 1 aromatic rings. The fourth-order valence-electron chi connectivity index (χ4n) is 2.92. The minimum Gasteiger partial charge on any atom is -0.344 e. The molecule has 7 heteroatoms. The Morgan fingerprint density at radius 2 is 2.18 bits per heavy atom. The van der Waals surface area contributed by atoms with E-state index in [0.29, 0.717) is 5.92 Å². The van der Waals surface area contributed by atoms with Gasteiger partial charge in [-0.2, -0.15) is 0 Å². The molecule has 0 saturated heterocycles. The van der Waals surface area contributed by atoms with Crippen molar-refractivity contribution in [3.63, 3.8) is 0 Å². The molecule has 1 saturated carbocycles. The Hall–Kier alpha value is -1.47. The highest BCUT2D eigenvalue weighted by molar-refractivity contribution is 5.89. The first-order chi connectivity index (χ1) is 10.5. The number of hydrogen-bond donors (Lipinski definition) is 3. The number of amides is 1. The molecule has 1 atom stereocenters. The number of carbonyl (C=O) groups is 1. The normalized spacial score (nSPS) is 21.1. The average Bonchev–Trinajstić information content (AvgIpc) is 3.16. The van der Waals surface area contributed by atoms with E-state index in [1.165, 1.54) is 0 Å². The van der Waals surface area contributed by atoms with Crippen molar-refractivity contribution in [2.75, 3.05) is 13.1 Å². The van der Waals surface area contributed by atoms with Gasteiger partial charge in [-0.15, -0.1) is 10.2 Å². The molecule has 4 N–H and O–H groups in total. The molecule has 1 fully saturated rings. The summed E-state index contributed by atoms with van der Waals surface area (Å²) in [4.78, 5) is 12.3. The predicted octanol–water partition coefficient (Wildman–Crippen LogP) is 0.119. The molecule has 0 radical (unpaired) electrons. The number of carbonyl (C=O) groups excluding carboxylic acids is 1. The lowest BCUT2D eigenvalue weighted by Gasteiger charge is -2.22. The molecular formula is C15H26N6O. The molecule has 0 unspecified atom stereocenters. The minimum absolute atomic E-state index is 0.0535. The third-order valence-electron chi connectivity index (χ3n) is 4.46. The molecule has 1 aliphatic heterocycles. The van der Waals surface area contributed by atoms with Gasteiger partial charge in [0, 0.05) is 26.1 Å². The summed E-state index contributed by atoms with van der Waals surface area (Å²) < 4.78 is 2.16. The molecule has 3 rings (SSSR count). The third kappa shape index (κ3) is 3.15. The first-order valence-corrected chi connectivity index (χ1v) is 8.22. The number of rotatable bonds is 5. The smallest absolute Gasteiger partial charge is 0.240 e. The highest BCUT2D eigenvalue weighted by Crippen LogP contribution is 2.33. The monoisotopic (exact) mass is 306 g/mol. The molecule has 0 spiro atoms. The van der Waals surface area contributed by atoms with E-state index in [0.717, 1.165) is 57.0 Å². The van der Waals surface area contributed by atoms with Gasteiger partial charge in [0.2, 0.25) is 5.91 Å². The molecule has 1 amide bonds. The first-order valence-electron chi connectivity index (χ1n) is 8.22. The van der Waals surface area contributed by atoms with E-state index < -0.39 is 5.54 Å². The van der Waals surface area contributed by atoms with Crippen LogP contribution in [0.1, 0.15) is 50.8 Å². The molecule has 22 heavy (non-hydrogen) atoms. The number of nitrogens with zero attached hydrogens (tertiary/aromatic N) is 3. The second kappa shape index (κ2) is 5.96. The Bertz CT molecular complexity index is 548. The summed E-state index contributed by atoms with van der Waals surface area (Å²) in [5.74, 6) is 2.26. The molecule has 0 bridgehead atoms. The Morgan fingerprint density at radius 3 is 2.86 bits per heavy atom. The number of nitrogens with two attached hydrogens (primary N) is 1. The van der Waals surface area contributed by atoms with Gasteiger partial charge in [-0.3, -0.25) is 4.79 Å². The zero-order valence-electron chi connectivity index (χ0n) is 13.4. The largest absolute Gasteiger partial charge is 0.344 e. The van der Waals surface area contributed by atoms with Crippen LogP contribution >= 0.6 is 0 Å². The van der Waals surface area contributed by atoms with E-state index in [2.05, 4.69) is 39.2 Å². The van der Waals surface area contributed by atoms with Crippen molar-refractivity contribution >= 4 is 5.91 Å². The van der Waals surface area contributed by atoms with Gasteiger partial charge in [0.15, 0.2) is 5.82 Å². The lowest BCUT2D eigenvalue weighted by atomic mass is 10.0. The van der Waals surface area contributed by atoms with E-state index in [1.807, 2.05) is 0 Å². The van der Waals surface area contributed by atoms with E-state index >= 15 is 0 Å². The summed E-state index contributed by atoms with van der Waals surface area (Å²) in [5, 5.41) is 15.2. The topological polar surface area (TPSA) is 97.9 Å². The molecule has 0 aromatic carbocycles. The summed E-state index contributed by atoms with van der Waals surface area (Å²) in [7, 11) is 0. The van der Waals surface area contributed by atoms with Crippen molar-refractivity contribution in [1.82, 2.24) is 25.4 Å². The van der Waals surface area contributed by atoms with Crippen LogP contribution < -0.4 is 16.4 Å². The zero-order valence-corrected chi connectivity index (χ0v) is 13.4. The van der Waals surface area contributed by atoms with E-state index in [1.54, 1.807) is 0 Å². The van der Waals surface area contributed by atoms with E-state index in [-0.39, 0.29) is 11.9 Å². The van der Waals surface area contributed by atoms with Crippen LogP contribution in [0.25, 0.3) is 0 Å². The minimum atomic E-state index is -0.654. The lowest BCUT2D eigenvalue weighted by Crippen LogP contribution is -2.45. The van der Waals surface area contributed by atoms with Crippen molar-refractivity contribution in [2.45, 2.75) is 57.7 Å². The quantitative estimate of drug-likeness (QED) is 0.718. The van der Waals surface area contributed by atoms with Gasteiger partial charge in [-0.1, -0.05) is 13.8 Å². The van der Waals surface area contributed by atoms with E-state index in [4.69, 9.17) is 5.73 Å². The van der Waals surface area contributed by atoms with Gasteiger partial charge in [0.1, 0.15) is 5.82 Å². The molecule has 1 aliphatic carbocycles. The summed E-state index contributed by atoms with van der Waals surface area (Å²) >= 11 is 0. The fourth-order valence-corrected chi connectivity index (χ4v) is 2.92. The van der Waals surface area contributed by atoms with Crippen LogP contribution in [-0.2, 0) is 17.8 Å². The maximum atomic E-state index is 12.3. The van der Waals surface area contributed by atoms with Gasteiger partial charge in [-0.05, 0) is 25.2 Å². The van der Waals surface area contributed by atoms with Gasteiger partial charge < -0.3 is 20.9 Å². The van der Waals surface area contributed by atoms with Gasteiger partial charge in [0.05, 0.1) is 11.6 Å². The molecule has 1 aromatic heterocycles. The molecule has 7 nitrogen and oxygen atoms in total. The van der Waals surface area contributed by atoms with Crippen LogP contribution in [0.4, 0.5) is 0 Å². The van der Waals surface area contributed by atoms with Crippen LogP contribution in [0, 0.1) is 5.92 Å². The number of fused-ring (bicyclic) bond motifs is 1. The predicted molar refractivity (Wildman–Crippen MR) is 83.1 cm³/mol. The fraction of sp³-hybridized carbons (Fsp3) is 0.800. The van der Waals surface area contributed by atoms with Crippen LogP contribution in [-0.4, -0.2) is 39.3 Å². The Kier molecular flexibility index (Phi) is 4.18. The summed E-state index contributed by atoms with van der Waals surface area (Å²) in [6.07, 6.45) is 3.26. The zero-order chi connectivity index (χ0) is 15.7. The number of nitrogens with one attached hydrogen (secondary N) is 2. The van der Waals surface area contributed by atoms with Crippen molar-refractivity contribution in [2.24, 2.45) is 11.7 Å². The van der Waals surface area contributed by atoms with Gasteiger partial charge in [0.25, 0.3) is 0 Å².